The molecule has 25 heavy (non-hydrogen) atoms. The zero-order valence-corrected chi connectivity index (χ0v) is 15.4. The van der Waals surface area contributed by atoms with Crippen LogP contribution in [0.3, 0.4) is 0 Å². The molecule has 0 fully saturated rings. The Morgan fingerprint density at radius 1 is 1.36 bits per heavy atom. The zero-order valence-electron chi connectivity index (χ0n) is 14.6. The van der Waals surface area contributed by atoms with Crippen molar-refractivity contribution in [2.24, 2.45) is 0 Å². The fourth-order valence-electron chi connectivity index (χ4n) is 1.84. The van der Waals surface area contributed by atoms with Crippen molar-refractivity contribution in [3.8, 4) is 0 Å². The van der Waals surface area contributed by atoms with Gasteiger partial charge in [-0.05, 0) is 39.3 Å². The molecule has 0 aliphatic heterocycles. The summed E-state index contributed by atoms with van der Waals surface area (Å²) < 4.78 is 28.1. The summed E-state index contributed by atoms with van der Waals surface area (Å²) in [6.07, 6.45) is 4.05. The van der Waals surface area contributed by atoms with E-state index in [1.54, 1.807) is 26.8 Å². The maximum Gasteiger partial charge on any atom is 0.407 e. The molecule has 9 heteroatoms. The number of amides is 1. The SMILES string of the molecule is CC(C)(C)OC(=O)NCCC=Cc1ccc(S(C)(=O)=O)cc1[N+](=O)[O-]. The Kier molecular flexibility index (Phi) is 6.69. The largest absolute Gasteiger partial charge is 0.444 e. The predicted molar refractivity (Wildman–Crippen MR) is 94.1 cm³/mol. The highest BCUT2D eigenvalue weighted by atomic mass is 32.2. The van der Waals surface area contributed by atoms with Crippen LogP contribution in [0, 0.1) is 10.1 Å². The number of nitrogens with one attached hydrogen (secondary N) is 1. The van der Waals surface area contributed by atoms with E-state index in [-0.39, 0.29) is 16.1 Å². The van der Waals surface area contributed by atoms with E-state index in [2.05, 4.69) is 5.32 Å². The lowest BCUT2D eigenvalue weighted by Gasteiger charge is -2.19. The minimum Gasteiger partial charge on any atom is -0.444 e. The monoisotopic (exact) mass is 370 g/mol. The molecule has 0 aliphatic rings. The van der Waals surface area contributed by atoms with Gasteiger partial charge < -0.3 is 10.1 Å². The Hall–Kier alpha value is -2.42. The number of benzene rings is 1. The van der Waals surface area contributed by atoms with E-state index in [1.165, 1.54) is 18.2 Å². The van der Waals surface area contributed by atoms with Crippen LogP contribution in [0.25, 0.3) is 6.08 Å². The van der Waals surface area contributed by atoms with Crippen LogP contribution in [-0.4, -0.2) is 37.8 Å². The van der Waals surface area contributed by atoms with Crippen LogP contribution >= 0.6 is 0 Å². The van der Waals surface area contributed by atoms with Crippen molar-refractivity contribution in [1.82, 2.24) is 5.32 Å². The summed E-state index contributed by atoms with van der Waals surface area (Å²) in [4.78, 5) is 21.8. The second-order valence-corrected chi connectivity index (χ2v) is 8.39. The first-order chi connectivity index (χ1) is 11.4. The quantitative estimate of drug-likeness (QED) is 0.467. The van der Waals surface area contributed by atoms with Crippen molar-refractivity contribution in [2.45, 2.75) is 37.7 Å². The second kappa shape index (κ2) is 8.11. The first-order valence-electron chi connectivity index (χ1n) is 7.52. The van der Waals surface area contributed by atoms with Gasteiger partial charge in [0.2, 0.25) is 0 Å². The van der Waals surface area contributed by atoms with Gasteiger partial charge >= 0.3 is 6.09 Å². The number of hydrogen-bond donors (Lipinski definition) is 1. The fourth-order valence-corrected chi connectivity index (χ4v) is 2.48. The molecule has 0 unspecified atom stereocenters. The summed E-state index contributed by atoms with van der Waals surface area (Å²) in [5.41, 5.74) is -0.587. The van der Waals surface area contributed by atoms with Gasteiger partial charge in [-0.1, -0.05) is 12.2 Å². The van der Waals surface area contributed by atoms with Crippen LogP contribution < -0.4 is 5.32 Å². The van der Waals surface area contributed by atoms with Gasteiger partial charge in [-0.2, -0.15) is 0 Å². The molecule has 138 valence electrons. The van der Waals surface area contributed by atoms with E-state index in [1.807, 2.05) is 0 Å². The summed E-state index contributed by atoms with van der Waals surface area (Å²) in [6.45, 7) is 5.57. The Morgan fingerprint density at radius 3 is 2.52 bits per heavy atom. The minimum absolute atomic E-state index is 0.108. The molecule has 1 aromatic rings. The lowest BCUT2D eigenvalue weighted by Crippen LogP contribution is -2.32. The van der Waals surface area contributed by atoms with E-state index in [0.717, 1.165) is 12.3 Å². The summed E-state index contributed by atoms with van der Waals surface area (Å²) in [7, 11) is -3.52. The number of sulfone groups is 1. The number of nitro groups is 1. The molecule has 1 aromatic carbocycles. The summed E-state index contributed by atoms with van der Waals surface area (Å²) in [6, 6.07) is 3.74. The van der Waals surface area contributed by atoms with Gasteiger partial charge in [-0.3, -0.25) is 10.1 Å². The molecule has 0 saturated heterocycles. The molecule has 0 atom stereocenters. The number of carbonyl (C=O) groups excluding carboxylic acids is 1. The van der Waals surface area contributed by atoms with E-state index >= 15 is 0 Å². The van der Waals surface area contributed by atoms with Gasteiger partial charge in [0.1, 0.15) is 5.60 Å². The number of ether oxygens (including phenoxy) is 1. The third kappa shape index (κ3) is 7.34. The third-order valence-corrected chi connectivity index (χ3v) is 4.01. The van der Waals surface area contributed by atoms with Crippen molar-refractivity contribution < 1.29 is 22.9 Å². The van der Waals surface area contributed by atoms with Crippen molar-refractivity contribution in [1.29, 1.82) is 0 Å². The topological polar surface area (TPSA) is 116 Å². The van der Waals surface area contributed by atoms with Gasteiger partial charge in [-0.15, -0.1) is 0 Å². The van der Waals surface area contributed by atoms with E-state index in [4.69, 9.17) is 4.74 Å². The standard InChI is InChI=1S/C16H22N2O6S/c1-16(2,3)24-15(19)17-10-6-5-7-12-8-9-13(25(4,22)23)11-14(12)18(20)21/h5,7-9,11H,6,10H2,1-4H3,(H,17,19). The van der Waals surface area contributed by atoms with Gasteiger partial charge in [0.25, 0.3) is 5.69 Å². The molecule has 0 bridgehead atoms. The Bertz CT molecular complexity index is 778. The molecule has 0 radical (unpaired) electrons. The van der Waals surface area contributed by atoms with Crippen LogP contribution in [-0.2, 0) is 14.6 Å². The number of nitrogens with zero attached hydrogens (tertiary/aromatic N) is 1. The average Bonchev–Trinajstić information content (AvgIpc) is 2.43. The van der Waals surface area contributed by atoms with E-state index < -0.39 is 26.5 Å². The third-order valence-electron chi connectivity index (χ3n) is 2.90. The van der Waals surface area contributed by atoms with Crippen LogP contribution in [0.1, 0.15) is 32.8 Å². The highest BCUT2D eigenvalue weighted by molar-refractivity contribution is 7.90. The molecule has 0 aromatic heterocycles. The number of rotatable bonds is 6. The molecular formula is C16H22N2O6S. The molecule has 0 spiro atoms. The molecule has 8 nitrogen and oxygen atoms in total. The van der Waals surface area contributed by atoms with Gasteiger partial charge in [0.15, 0.2) is 9.84 Å². The number of carbonyl (C=O) groups is 1. The Balaban J connectivity index is 2.72. The average molecular weight is 370 g/mol. The number of nitro benzene ring substituents is 1. The molecule has 0 aliphatic carbocycles. The first kappa shape index (κ1) is 20.6. The van der Waals surface area contributed by atoms with Crippen LogP contribution in [0.15, 0.2) is 29.2 Å². The summed E-state index contributed by atoms with van der Waals surface area (Å²) in [5, 5.41) is 13.7. The maximum absolute atomic E-state index is 11.5. The molecule has 0 saturated carbocycles. The van der Waals surface area contributed by atoms with Crippen molar-refractivity contribution in [3.63, 3.8) is 0 Å². The first-order valence-corrected chi connectivity index (χ1v) is 9.41. The fraction of sp³-hybridized carbons (Fsp3) is 0.438. The highest BCUT2D eigenvalue weighted by Gasteiger charge is 2.17. The Morgan fingerprint density at radius 2 is 2.00 bits per heavy atom. The molecule has 1 amide bonds. The smallest absolute Gasteiger partial charge is 0.407 e. The molecule has 0 heterocycles. The van der Waals surface area contributed by atoms with Gasteiger partial charge in [0, 0.05) is 18.9 Å². The minimum atomic E-state index is -3.52. The summed E-state index contributed by atoms with van der Waals surface area (Å²) >= 11 is 0. The predicted octanol–water partition coefficient (Wildman–Crippen LogP) is 2.93. The molecular weight excluding hydrogens is 348 g/mol. The summed E-state index contributed by atoms with van der Waals surface area (Å²) in [5.74, 6) is 0. The van der Waals surface area contributed by atoms with Crippen LogP contribution in [0.2, 0.25) is 0 Å². The lowest BCUT2D eigenvalue weighted by atomic mass is 10.1. The van der Waals surface area contributed by atoms with E-state index in [9.17, 15) is 23.3 Å². The number of alkyl carbamates (subject to hydrolysis) is 1. The van der Waals surface area contributed by atoms with Gasteiger partial charge in [0.05, 0.1) is 15.4 Å². The maximum atomic E-state index is 11.5. The van der Waals surface area contributed by atoms with Crippen molar-refractivity contribution in [2.75, 3.05) is 12.8 Å². The normalized spacial score (nSPS) is 12.2. The van der Waals surface area contributed by atoms with Crippen molar-refractivity contribution in [3.05, 3.63) is 40.0 Å². The van der Waals surface area contributed by atoms with Crippen LogP contribution in [0.5, 0.6) is 0 Å². The van der Waals surface area contributed by atoms with E-state index in [0.29, 0.717) is 13.0 Å². The number of hydrogen-bond acceptors (Lipinski definition) is 6. The highest BCUT2D eigenvalue weighted by Crippen LogP contribution is 2.24. The van der Waals surface area contributed by atoms with Gasteiger partial charge in [-0.25, -0.2) is 13.2 Å². The lowest BCUT2D eigenvalue weighted by molar-refractivity contribution is -0.385. The molecule has 1 rings (SSSR count). The molecule has 1 N–H and O–H groups in total. The Labute approximate surface area is 146 Å². The van der Waals surface area contributed by atoms with Crippen molar-refractivity contribution >= 4 is 27.7 Å². The zero-order chi connectivity index (χ0) is 19.3. The van der Waals surface area contributed by atoms with Crippen LogP contribution in [0.4, 0.5) is 10.5 Å². The second-order valence-electron chi connectivity index (χ2n) is 6.37.